The first-order valence-corrected chi connectivity index (χ1v) is 10.8. The molecule has 29 heavy (non-hydrogen) atoms. The summed E-state index contributed by atoms with van der Waals surface area (Å²) in [5.74, 6) is 0.791. The average Bonchev–Trinajstić information content (AvgIpc) is 2.70. The zero-order valence-corrected chi connectivity index (χ0v) is 17.9. The van der Waals surface area contributed by atoms with E-state index < -0.39 is 11.8 Å². The number of rotatable bonds is 5. The number of hydrogen-bond acceptors (Lipinski definition) is 4. The number of benzene rings is 2. The van der Waals surface area contributed by atoms with Gasteiger partial charge >= 0.3 is 0 Å². The minimum Gasteiger partial charge on any atom is -0.508 e. The lowest BCUT2D eigenvalue weighted by Crippen LogP contribution is -2.57. The van der Waals surface area contributed by atoms with Crippen molar-refractivity contribution in [2.24, 2.45) is 0 Å². The number of aliphatic hydroxyl groups is 1. The highest BCUT2D eigenvalue weighted by Gasteiger charge is 2.46. The van der Waals surface area contributed by atoms with Crippen molar-refractivity contribution in [1.82, 2.24) is 4.90 Å². The maximum Gasteiger partial charge on any atom is 0.186 e. The molecule has 2 aliphatic rings. The van der Waals surface area contributed by atoms with Gasteiger partial charge in [-0.1, -0.05) is 42.3 Å². The van der Waals surface area contributed by atoms with E-state index in [4.69, 9.17) is 27.9 Å². The summed E-state index contributed by atoms with van der Waals surface area (Å²) < 4.78 is 6.63. The highest BCUT2D eigenvalue weighted by Crippen LogP contribution is 2.48. The van der Waals surface area contributed by atoms with Gasteiger partial charge in [-0.2, -0.15) is 0 Å². The predicted molar refractivity (Wildman–Crippen MR) is 117 cm³/mol. The van der Waals surface area contributed by atoms with Crippen LogP contribution in [0.3, 0.4) is 0 Å². The molecule has 1 aliphatic heterocycles. The number of halogens is 2. The Morgan fingerprint density at radius 3 is 2.79 bits per heavy atom. The Morgan fingerprint density at radius 1 is 1.21 bits per heavy atom. The molecule has 6 heteroatoms. The first-order valence-electron chi connectivity index (χ1n) is 10.0. The van der Waals surface area contributed by atoms with Crippen LogP contribution in [0.2, 0.25) is 10.0 Å². The van der Waals surface area contributed by atoms with Crippen molar-refractivity contribution in [2.75, 3.05) is 13.1 Å². The third kappa shape index (κ3) is 3.87. The van der Waals surface area contributed by atoms with E-state index in [-0.39, 0.29) is 5.75 Å². The lowest BCUT2D eigenvalue weighted by atomic mass is 9.82. The van der Waals surface area contributed by atoms with Gasteiger partial charge in [-0.25, -0.2) is 0 Å². The molecular formula is C23H25Cl2NO3. The SMILES string of the molecule is CCN(CC(O)c1cccc(O)c1)C12CCCCC1=Cc1cc(Cl)cc(Cl)c1O2. The van der Waals surface area contributed by atoms with Crippen LogP contribution in [0.25, 0.3) is 6.08 Å². The Balaban J connectivity index is 1.70. The monoisotopic (exact) mass is 433 g/mol. The third-order valence-corrected chi connectivity index (χ3v) is 6.39. The Bertz CT molecular complexity index is 946. The van der Waals surface area contributed by atoms with Crippen LogP contribution in [0.1, 0.15) is 49.8 Å². The molecule has 1 heterocycles. The smallest absolute Gasteiger partial charge is 0.186 e. The van der Waals surface area contributed by atoms with Gasteiger partial charge in [0.2, 0.25) is 0 Å². The number of aromatic hydroxyl groups is 1. The first kappa shape index (κ1) is 20.5. The normalized spacial score (nSPS) is 21.8. The molecular weight excluding hydrogens is 409 g/mol. The molecule has 2 unspecified atom stereocenters. The van der Waals surface area contributed by atoms with E-state index in [1.165, 1.54) is 5.57 Å². The van der Waals surface area contributed by atoms with Gasteiger partial charge < -0.3 is 14.9 Å². The lowest BCUT2D eigenvalue weighted by Gasteiger charge is -2.50. The minimum atomic E-state index is -0.745. The van der Waals surface area contributed by atoms with Crippen molar-refractivity contribution in [2.45, 2.75) is 44.4 Å². The second-order valence-corrected chi connectivity index (χ2v) is 8.56. The Kier molecular flexibility index (Phi) is 5.80. The molecule has 0 spiro atoms. The van der Waals surface area contributed by atoms with Gasteiger partial charge in [-0.15, -0.1) is 0 Å². The van der Waals surface area contributed by atoms with Crippen LogP contribution >= 0.6 is 23.2 Å². The van der Waals surface area contributed by atoms with E-state index in [2.05, 4.69) is 17.9 Å². The summed E-state index contributed by atoms with van der Waals surface area (Å²) in [7, 11) is 0. The molecule has 2 N–H and O–H groups in total. The Labute approximate surface area is 181 Å². The maximum atomic E-state index is 10.9. The Morgan fingerprint density at radius 2 is 2.03 bits per heavy atom. The van der Waals surface area contributed by atoms with E-state index in [1.54, 1.807) is 24.3 Å². The van der Waals surface area contributed by atoms with Crippen LogP contribution in [0, 0.1) is 0 Å². The van der Waals surface area contributed by atoms with Gasteiger partial charge in [0.25, 0.3) is 0 Å². The number of fused-ring (bicyclic) bond motifs is 2. The van der Waals surface area contributed by atoms with Crippen molar-refractivity contribution < 1.29 is 14.9 Å². The predicted octanol–water partition coefficient (Wildman–Crippen LogP) is 5.80. The zero-order valence-electron chi connectivity index (χ0n) is 16.4. The van der Waals surface area contributed by atoms with Crippen LogP contribution < -0.4 is 4.74 Å². The molecule has 0 bridgehead atoms. The number of likely N-dealkylation sites (N-methyl/N-ethyl adjacent to an activating group) is 1. The minimum absolute atomic E-state index is 0.146. The number of nitrogens with zero attached hydrogens (tertiary/aromatic N) is 1. The summed E-state index contributed by atoms with van der Waals surface area (Å²) in [5.41, 5.74) is 2.15. The second kappa shape index (κ2) is 8.19. The van der Waals surface area contributed by atoms with Gasteiger partial charge in [-0.3, -0.25) is 4.90 Å². The molecule has 0 amide bonds. The molecule has 1 aliphatic carbocycles. The largest absolute Gasteiger partial charge is 0.508 e. The van der Waals surface area contributed by atoms with Gasteiger partial charge in [0, 0.05) is 23.6 Å². The van der Waals surface area contributed by atoms with Crippen molar-refractivity contribution in [3.8, 4) is 11.5 Å². The molecule has 0 radical (unpaired) electrons. The fraction of sp³-hybridized carbons (Fsp3) is 0.391. The summed E-state index contributed by atoms with van der Waals surface area (Å²) in [6.07, 6.45) is 5.31. The summed E-state index contributed by atoms with van der Waals surface area (Å²) in [4.78, 5) is 2.18. The fourth-order valence-corrected chi connectivity index (χ4v) is 5.04. The number of phenols is 1. The van der Waals surface area contributed by atoms with E-state index in [0.717, 1.165) is 31.2 Å². The maximum absolute atomic E-state index is 10.9. The molecule has 154 valence electrons. The van der Waals surface area contributed by atoms with Crippen molar-refractivity contribution in [3.63, 3.8) is 0 Å². The van der Waals surface area contributed by atoms with E-state index >= 15 is 0 Å². The molecule has 2 aromatic carbocycles. The van der Waals surface area contributed by atoms with Crippen LogP contribution in [0.4, 0.5) is 0 Å². The van der Waals surface area contributed by atoms with Crippen LogP contribution in [0.5, 0.6) is 11.5 Å². The number of aliphatic hydroxyl groups excluding tert-OH is 1. The average molecular weight is 434 g/mol. The van der Waals surface area contributed by atoms with Crippen LogP contribution in [0.15, 0.2) is 42.0 Å². The zero-order chi connectivity index (χ0) is 20.6. The van der Waals surface area contributed by atoms with Gasteiger partial charge in [0.15, 0.2) is 5.72 Å². The molecule has 2 aromatic rings. The van der Waals surface area contributed by atoms with Gasteiger partial charge in [0.1, 0.15) is 11.5 Å². The fourth-order valence-electron chi connectivity index (χ4n) is 4.49. The van der Waals surface area contributed by atoms with E-state index in [1.807, 2.05) is 12.1 Å². The van der Waals surface area contributed by atoms with Crippen LogP contribution in [-0.2, 0) is 0 Å². The van der Waals surface area contributed by atoms with Crippen LogP contribution in [-0.4, -0.2) is 33.9 Å². The quantitative estimate of drug-likeness (QED) is 0.625. The summed E-state index contributed by atoms with van der Waals surface area (Å²) in [6.45, 7) is 3.16. The molecule has 4 nitrogen and oxygen atoms in total. The molecule has 0 aromatic heterocycles. The highest BCUT2D eigenvalue weighted by molar-refractivity contribution is 6.36. The molecule has 1 saturated carbocycles. The first-order chi connectivity index (χ1) is 13.9. The summed E-state index contributed by atoms with van der Waals surface area (Å²) in [5, 5.41) is 21.7. The topological polar surface area (TPSA) is 52.9 Å². The number of phenolic OH excluding ortho intramolecular Hbond substituents is 1. The van der Waals surface area contributed by atoms with E-state index in [0.29, 0.717) is 34.4 Å². The molecule has 0 saturated heterocycles. The van der Waals surface area contributed by atoms with Crippen molar-refractivity contribution in [1.29, 1.82) is 0 Å². The third-order valence-electron chi connectivity index (χ3n) is 5.89. The molecule has 2 atom stereocenters. The lowest BCUT2D eigenvalue weighted by molar-refractivity contribution is -0.0874. The standard InChI is InChI=1S/C23H25Cl2NO3/c1-2-26(14-21(28)15-6-5-8-19(27)12-15)23-9-4-3-7-17(23)10-16-11-18(24)13-20(25)22(16)29-23/h5-6,8,10-13,21,27-28H,2-4,7,9,14H2,1H3. The Hall–Kier alpha value is -1.72. The summed E-state index contributed by atoms with van der Waals surface area (Å²) in [6, 6.07) is 10.3. The highest BCUT2D eigenvalue weighted by atomic mass is 35.5. The number of ether oxygens (including phenoxy) is 1. The molecule has 4 rings (SSSR count). The van der Waals surface area contributed by atoms with Crippen molar-refractivity contribution >= 4 is 29.3 Å². The van der Waals surface area contributed by atoms with Crippen molar-refractivity contribution in [3.05, 3.63) is 63.1 Å². The summed E-state index contributed by atoms with van der Waals surface area (Å²) >= 11 is 12.7. The second-order valence-electron chi connectivity index (χ2n) is 7.72. The number of hydrogen-bond donors (Lipinski definition) is 2. The van der Waals surface area contributed by atoms with Gasteiger partial charge in [0.05, 0.1) is 11.1 Å². The van der Waals surface area contributed by atoms with Gasteiger partial charge in [-0.05, 0) is 67.3 Å². The molecule has 1 fully saturated rings. The van der Waals surface area contributed by atoms with E-state index in [9.17, 15) is 10.2 Å².